The Hall–Kier alpha value is -1.69. The molecule has 2 rings (SSSR count). The molecule has 2 aromatic rings. The average Bonchev–Trinajstić information content (AvgIpc) is 2.94. The zero-order valence-electron chi connectivity index (χ0n) is 11.3. The molecule has 106 valence electrons. The molecule has 5 heteroatoms. The first kappa shape index (κ1) is 14.7. The fourth-order valence-electron chi connectivity index (χ4n) is 2.08. The lowest BCUT2D eigenvalue weighted by atomic mass is 10.00. The number of primary amides is 1. The first-order chi connectivity index (χ1) is 9.72. The van der Waals surface area contributed by atoms with Crippen LogP contribution in [0.5, 0.6) is 0 Å². The zero-order chi connectivity index (χ0) is 14.4. The van der Waals surface area contributed by atoms with Crippen LogP contribution in [-0.2, 0) is 22.7 Å². The SMILES string of the molecule is COCc1ccccc1C(NCc1cccs1)C(N)=O. The van der Waals surface area contributed by atoms with Gasteiger partial charge < -0.3 is 10.5 Å². The van der Waals surface area contributed by atoms with E-state index >= 15 is 0 Å². The van der Waals surface area contributed by atoms with Crippen LogP contribution in [0.2, 0.25) is 0 Å². The third-order valence-corrected chi connectivity index (χ3v) is 3.89. The van der Waals surface area contributed by atoms with Gasteiger partial charge in [-0.25, -0.2) is 0 Å². The first-order valence-corrected chi connectivity index (χ1v) is 7.22. The van der Waals surface area contributed by atoms with Crippen molar-refractivity contribution in [3.05, 3.63) is 57.8 Å². The average molecular weight is 290 g/mol. The molecule has 1 heterocycles. The van der Waals surface area contributed by atoms with E-state index in [4.69, 9.17) is 10.5 Å². The lowest BCUT2D eigenvalue weighted by Gasteiger charge is -2.18. The summed E-state index contributed by atoms with van der Waals surface area (Å²) in [5, 5.41) is 5.23. The van der Waals surface area contributed by atoms with Gasteiger partial charge in [-0.15, -0.1) is 11.3 Å². The smallest absolute Gasteiger partial charge is 0.239 e. The number of ether oxygens (including phenoxy) is 1. The van der Waals surface area contributed by atoms with E-state index < -0.39 is 6.04 Å². The largest absolute Gasteiger partial charge is 0.380 e. The van der Waals surface area contributed by atoms with Gasteiger partial charge >= 0.3 is 0 Å². The Labute approximate surface area is 122 Å². The summed E-state index contributed by atoms with van der Waals surface area (Å²) in [4.78, 5) is 12.9. The van der Waals surface area contributed by atoms with E-state index in [2.05, 4.69) is 5.32 Å². The molecule has 1 amide bonds. The highest BCUT2D eigenvalue weighted by molar-refractivity contribution is 7.09. The second-order valence-electron chi connectivity index (χ2n) is 4.43. The number of carbonyl (C=O) groups excluding carboxylic acids is 1. The van der Waals surface area contributed by atoms with Crippen LogP contribution >= 0.6 is 11.3 Å². The number of nitrogens with one attached hydrogen (secondary N) is 1. The van der Waals surface area contributed by atoms with Crippen LogP contribution in [0.4, 0.5) is 0 Å². The first-order valence-electron chi connectivity index (χ1n) is 6.34. The van der Waals surface area contributed by atoms with Gasteiger partial charge in [0.2, 0.25) is 5.91 Å². The Kier molecular flexibility index (Phi) is 5.29. The van der Waals surface area contributed by atoms with Crippen LogP contribution in [0.1, 0.15) is 22.0 Å². The molecular formula is C15H18N2O2S. The molecule has 0 saturated carbocycles. The Bertz CT molecular complexity index is 555. The van der Waals surface area contributed by atoms with Crippen LogP contribution in [0.3, 0.4) is 0 Å². The second kappa shape index (κ2) is 7.19. The van der Waals surface area contributed by atoms with Crippen molar-refractivity contribution >= 4 is 17.2 Å². The van der Waals surface area contributed by atoms with Gasteiger partial charge in [-0.1, -0.05) is 30.3 Å². The Morgan fingerprint density at radius 2 is 2.15 bits per heavy atom. The number of benzene rings is 1. The highest BCUT2D eigenvalue weighted by Crippen LogP contribution is 2.20. The number of thiophene rings is 1. The number of hydrogen-bond donors (Lipinski definition) is 2. The van der Waals surface area contributed by atoms with E-state index in [9.17, 15) is 4.79 Å². The van der Waals surface area contributed by atoms with Crippen molar-refractivity contribution in [3.63, 3.8) is 0 Å². The minimum atomic E-state index is -0.511. The molecular weight excluding hydrogens is 272 g/mol. The van der Waals surface area contributed by atoms with Crippen LogP contribution in [0.25, 0.3) is 0 Å². The monoisotopic (exact) mass is 290 g/mol. The van der Waals surface area contributed by atoms with E-state index in [1.54, 1.807) is 18.4 Å². The molecule has 0 spiro atoms. The highest BCUT2D eigenvalue weighted by Gasteiger charge is 2.20. The van der Waals surface area contributed by atoms with Crippen LogP contribution in [0.15, 0.2) is 41.8 Å². The molecule has 0 fully saturated rings. The molecule has 0 radical (unpaired) electrons. The number of amides is 1. The number of hydrogen-bond acceptors (Lipinski definition) is 4. The minimum Gasteiger partial charge on any atom is -0.380 e. The van der Waals surface area contributed by atoms with Gasteiger partial charge in [0.15, 0.2) is 0 Å². The molecule has 1 atom stereocenters. The molecule has 3 N–H and O–H groups in total. The van der Waals surface area contributed by atoms with Crippen molar-refractivity contribution in [1.82, 2.24) is 5.32 Å². The van der Waals surface area contributed by atoms with Crippen molar-refractivity contribution < 1.29 is 9.53 Å². The third kappa shape index (κ3) is 3.66. The molecule has 1 aromatic carbocycles. The maximum absolute atomic E-state index is 11.7. The molecule has 1 unspecified atom stereocenters. The van der Waals surface area contributed by atoms with Crippen molar-refractivity contribution in [2.24, 2.45) is 5.73 Å². The molecule has 0 bridgehead atoms. The predicted octanol–water partition coefficient (Wildman–Crippen LogP) is 2.21. The number of carbonyl (C=O) groups is 1. The van der Waals surface area contributed by atoms with Crippen LogP contribution in [-0.4, -0.2) is 13.0 Å². The molecule has 0 saturated heterocycles. The summed E-state index contributed by atoms with van der Waals surface area (Å²) in [5.74, 6) is -0.384. The van der Waals surface area contributed by atoms with E-state index in [-0.39, 0.29) is 5.91 Å². The number of nitrogens with two attached hydrogens (primary N) is 1. The zero-order valence-corrected chi connectivity index (χ0v) is 12.2. The maximum atomic E-state index is 11.7. The summed E-state index contributed by atoms with van der Waals surface area (Å²) < 4.78 is 5.17. The molecule has 0 aliphatic carbocycles. The normalized spacial score (nSPS) is 12.2. The quantitative estimate of drug-likeness (QED) is 0.821. The predicted molar refractivity (Wildman–Crippen MR) is 80.2 cm³/mol. The number of rotatable bonds is 7. The summed E-state index contributed by atoms with van der Waals surface area (Å²) in [7, 11) is 1.63. The van der Waals surface area contributed by atoms with Crippen LogP contribution < -0.4 is 11.1 Å². The van der Waals surface area contributed by atoms with E-state index in [1.807, 2.05) is 41.8 Å². The summed E-state index contributed by atoms with van der Waals surface area (Å²) in [6.45, 7) is 1.08. The van der Waals surface area contributed by atoms with Gasteiger partial charge in [0.1, 0.15) is 6.04 Å². The van der Waals surface area contributed by atoms with Crippen molar-refractivity contribution in [3.8, 4) is 0 Å². The third-order valence-electron chi connectivity index (χ3n) is 3.01. The summed E-state index contributed by atoms with van der Waals surface area (Å²) >= 11 is 1.65. The summed E-state index contributed by atoms with van der Waals surface area (Å²) in [6.07, 6.45) is 0. The highest BCUT2D eigenvalue weighted by atomic mass is 32.1. The van der Waals surface area contributed by atoms with E-state index in [0.717, 1.165) is 11.1 Å². The van der Waals surface area contributed by atoms with Gasteiger partial charge in [0, 0.05) is 18.5 Å². The molecule has 4 nitrogen and oxygen atoms in total. The van der Waals surface area contributed by atoms with Gasteiger partial charge in [0.25, 0.3) is 0 Å². The molecule has 20 heavy (non-hydrogen) atoms. The second-order valence-corrected chi connectivity index (χ2v) is 5.46. The topological polar surface area (TPSA) is 64.3 Å². The summed E-state index contributed by atoms with van der Waals surface area (Å²) in [5.41, 5.74) is 7.38. The lowest BCUT2D eigenvalue weighted by molar-refractivity contribution is -0.120. The molecule has 0 aliphatic heterocycles. The van der Waals surface area contributed by atoms with Gasteiger partial charge in [-0.3, -0.25) is 10.1 Å². The maximum Gasteiger partial charge on any atom is 0.239 e. The standard InChI is InChI=1S/C15H18N2O2S/c1-19-10-11-5-2-3-7-13(11)14(15(16)18)17-9-12-6-4-8-20-12/h2-8,14,17H,9-10H2,1H3,(H2,16,18). The Balaban J connectivity index is 2.17. The van der Waals surface area contributed by atoms with Crippen LogP contribution in [0, 0.1) is 0 Å². The Morgan fingerprint density at radius 1 is 1.35 bits per heavy atom. The van der Waals surface area contributed by atoms with E-state index in [1.165, 1.54) is 4.88 Å². The van der Waals surface area contributed by atoms with Gasteiger partial charge in [-0.05, 0) is 22.6 Å². The van der Waals surface area contributed by atoms with Crippen molar-refractivity contribution in [2.75, 3.05) is 7.11 Å². The molecule has 0 aliphatic rings. The van der Waals surface area contributed by atoms with Crippen molar-refractivity contribution in [1.29, 1.82) is 0 Å². The van der Waals surface area contributed by atoms with Crippen molar-refractivity contribution in [2.45, 2.75) is 19.2 Å². The lowest BCUT2D eigenvalue weighted by Crippen LogP contribution is -2.33. The van der Waals surface area contributed by atoms with Gasteiger partial charge in [0.05, 0.1) is 6.61 Å². The minimum absolute atomic E-state index is 0.384. The summed E-state index contributed by atoms with van der Waals surface area (Å²) in [6, 6.07) is 11.2. The van der Waals surface area contributed by atoms with E-state index in [0.29, 0.717) is 13.2 Å². The van der Waals surface area contributed by atoms with Gasteiger partial charge in [-0.2, -0.15) is 0 Å². The molecule has 1 aromatic heterocycles. The number of methoxy groups -OCH3 is 1. The fourth-order valence-corrected chi connectivity index (χ4v) is 2.74. The Morgan fingerprint density at radius 3 is 2.80 bits per heavy atom. The fraction of sp³-hybridized carbons (Fsp3) is 0.267.